The van der Waals surface area contributed by atoms with Crippen LogP contribution in [0.5, 0.6) is 5.75 Å². The Hall–Kier alpha value is -2.82. The highest BCUT2D eigenvalue weighted by atomic mass is 16.5. The molecule has 0 aliphatic rings. The Kier molecular flexibility index (Phi) is 7.01. The molecule has 0 spiro atoms. The van der Waals surface area contributed by atoms with Gasteiger partial charge in [0.05, 0.1) is 0 Å². The number of aryl methyl sites for hydroxylation is 1. The zero-order valence-electron chi connectivity index (χ0n) is 14.3. The van der Waals surface area contributed by atoms with Gasteiger partial charge in [0.2, 0.25) is 0 Å². The van der Waals surface area contributed by atoms with Gasteiger partial charge in [0, 0.05) is 6.42 Å². The third-order valence-corrected chi connectivity index (χ3v) is 3.75. The highest BCUT2D eigenvalue weighted by Crippen LogP contribution is 2.13. The van der Waals surface area contributed by atoms with Crippen LogP contribution in [0.4, 0.5) is 0 Å². The molecule has 2 N–H and O–H groups in total. The van der Waals surface area contributed by atoms with Gasteiger partial charge in [0.15, 0.2) is 6.61 Å². The molecule has 2 aromatic rings. The van der Waals surface area contributed by atoms with Gasteiger partial charge < -0.3 is 15.2 Å². The lowest BCUT2D eigenvalue weighted by Gasteiger charge is -2.15. The summed E-state index contributed by atoms with van der Waals surface area (Å²) in [5.74, 6) is -0.938. The Labute approximate surface area is 147 Å². The Morgan fingerprint density at radius 1 is 1.04 bits per heavy atom. The maximum Gasteiger partial charge on any atom is 0.326 e. The maximum absolute atomic E-state index is 12.0. The summed E-state index contributed by atoms with van der Waals surface area (Å²) in [5, 5.41) is 11.8. The molecule has 2 rings (SSSR count). The van der Waals surface area contributed by atoms with E-state index in [1.807, 2.05) is 54.6 Å². The third-order valence-electron chi connectivity index (χ3n) is 3.75. The van der Waals surface area contributed by atoms with Crippen LogP contribution in [0.25, 0.3) is 0 Å². The SMILES string of the molecule is CCCc1ccc(OCC(=O)NC(Cc2ccccc2)C(=O)O)cc1. The molecule has 2 aromatic carbocycles. The van der Waals surface area contributed by atoms with Crippen molar-refractivity contribution in [2.45, 2.75) is 32.2 Å². The number of nitrogens with one attached hydrogen (secondary N) is 1. The van der Waals surface area contributed by atoms with Gasteiger partial charge in [-0.25, -0.2) is 4.79 Å². The van der Waals surface area contributed by atoms with Crippen molar-refractivity contribution in [1.82, 2.24) is 5.32 Å². The topological polar surface area (TPSA) is 75.6 Å². The van der Waals surface area contributed by atoms with Crippen molar-refractivity contribution in [3.63, 3.8) is 0 Å². The van der Waals surface area contributed by atoms with Crippen LogP contribution in [0.1, 0.15) is 24.5 Å². The zero-order valence-corrected chi connectivity index (χ0v) is 14.3. The van der Waals surface area contributed by atoms with Gasteiger partial charge in [0.1, 0.15) is 11.8 Å². The molecule has 0 saturated carbocycles. The molecule has 0 radical (unpaired) electrons. The van der Waals surface area contributed by atoms with E-state index in [-0.39, 0.29) is 13.0 Å². The minimum atomic E-state index is -1.07. The fourth-order valence-electron chi connectivity index (χ4n) is 2.48. The van der Waals surface area contributed by atoms with Crippen LogP contribution in [0, 0.1) is 0 Å². The van der Waals surface area contributed by atoms with Crippen molar-refractivity contribution in [3.8, 4) is 5.75 Å². The highest BCUT2D eigenvalue weighted by Gasteiger charge is 2.20. The average Bonchev–Trinajstić information content (AvgIpc) is 2.61. The summed E-state index contributed by atoms with van der Waals surface area (Å²) in [5.41, 5.74) is 2.07. The van der Waals surface area contributed by atoms with E-state index < -0.39 is 17.9 Å². The molecule has 1 atom stereocenters. The van der Waals surface area contributed by atoms with Crippen LogP contribution in [-0.2, 0) is 22.4 Å². The first-order valence-corrected chi connectivity index (χ1v) is 8.36. The van der Waals surface area contributed by atoms with Crippen LogP contribution >= 0.6 is 0 Å². The van der Waals surface area contributed by atoms with Gasteiger partial charge in [-0.3, -0.25) is 4.79 Å². The standard InChI is InChI=1S/C20H23NO4/c1-2-6-15-9-11-17(12-10-15)25-14-19(22)21-18(20(23)24)13-16-7-4-3-5-8-16/h3-5,7-12,18H,2,6,13-14H2,1H3,(H,21,22)(H,23,24). The van der Waals surface area contributed by atoms with Crippen molar-refractivity contribution < 1.29 is 19.4 Å². The Bertz CT molecular complexity index is 683. The van der Waals surface area contributed by atoms with Crippen LogP contribution in [0.3, 0.4) is 0 Å². The summed E-state index contributed by atoms with van der Waals surface area (Å²) in [4.78, 5) is 23.3. The normalized spacial score (nSPS) is 11.6. The third kappa shape index (κ3) is 6.30. The van der Waals surface area contributed by atoms with Crippen molar-refractivity contribution in [2.75, 3.05) is 6.61 Å². The van der Waals surface area contributed by atoms with Crippen molar-refractivity contribution in [3.05, 3.63) is 65.7 Å². The average molecular weight is 341 g/mol. The predicted octanol–water partition coefficient (Wildman–Crippen LogP) is 2.83. The smallest absolute Gasteiger partial charge is 0.326 e. The molecular formula is C20H23NO4. The van der Waals surface area contributed by atoms with Gasteiger partial charge in [-0.05, 0) is 29.7 Å². The summed E-state index contributed by atoms with van der Waals surface area (Å²) in [7, 11) is 0. The van der Waals surface area contributed by atoms with Gasteiger partial charge in [-0.2, -0.15) is 0 Å². The van der Waals surface area contributed by atoms with Crippen molar-refractivity contribution >= 4 is 11.9 Å². The molecule has 0 heterocycles. The van der Waals surface area contributed by atoms with Gasteiger partial charge in [-0.1, -0.05) is 55.8 Å². The second-order valence-electron chi connectivity index (χ2n) is 5.83. The lowest BCUT2D eigenvalue weighted by atomic mass is 10.1. The second-order valence-corrected chi connectivity index (χ2v) is 5.83. The van der Waals surface area contributed by atoms with Gasteiger partial charge >= 0.3 is 5.97 Å². The number of benzene rings is 2. The number of ether oxygens (including phenoxy) is 1. The van der Waals surface area contributed by atoms with E-state index in [1.54, 1.807) is 0 Å². The molecule has 1 unspecified atom stereocenters. The Morgan fingerprint density at radius 2 is 1.72 bits per heavy atom. The van der Waals surface area contributed by atoms with E-state index in [9.17, 15) is 14.7 Å². The summed E-state index contributed by atoms with van der Waals surface area (Å²) >= 11 is 0. The molecular weight excluding hydrogens is 318 g/mol. The number of hydrogen-bond donors (Lipinski definition) is 2. The van der Waals surface area contributed by atoms with E-state index in [0.29, 0.717) is 5.75 Å². The lowest BCUT2D eigenvalue weighted by Crippen LogP contribution is -2.44. The molecule has 0 fully saturated rings. The minimum absolute atomic E-state index is 0.217. The second kappa shape index (κ2) is 9.47. The number of carboxylic acid groups (broad SMARTS) is 1. The summed E-state index contributed by atoms with van der Waals surface area (Å²) in [6.07, 6.45) is 2.30. The van der Waals surface area contributed by atoms with Gasteiger partial charge in [-0.15, -0.1) is 0 Å². The molecule has 5 nitrogen and oxygen atoms in total. The van der Waals surface area contributed by atoms with Crippen LogP contribution in [-0.4, -0.2) is 29.6 Å². The number of carbonyl (C=O) groups excluding carboxylic acids is 1. The monoisotopic (exact) mass is 341 g/mol. The first-order valence-electron chi connectivity index (χ1n) is 8.36. The Balaban J connectivity index is 1.85. The maximum atomic E-state index is 12.0. The molecule has 25 heavy (non-hydrogen) atoms. The first kappa shape index (κ1) is 18.5. The van der Waals surface area contributed by atoms with Crippen molar-refractivity contribution in [2.24, 2.45) is 0 Å². The molecule has 1 amide bonds. The quantitative estimate of drug-likeness (QED) is 0.735. The zero-order chi connectivity index (χ0) is 18.1. The van der Waals surface area contributed by atoms with E-state index in [0.717, 1.165) is 18.4 Å². The number of amides is 1. The van der Waals surface area contributed by atoms with E-state index in [4.69, 9.17) is 4.74 Å². The summed E-state index contributed by atoms with van der Waals surface area (Å²) < 4.78 is 5.43. The van der Waals surface area contributed by atoms with Crippen molar-refractivity contribution in [1.29, 1.82) is 0 Å². The van der Waals surface area contributed by atoms with E-state index in [1.165, 1.54) is 5.56 Å². The lowest BCUT2D eigenvalue weighted by molar-refractivity contribution is -0.142. The Morgan fingerprint density at radius 3 is 2.32 bits per heavy atom. The van der Waals surface area contributed by atoms with Crippen LogP contribution in [0.15, 0.2) is 54.6 Å². The number of carbonyl (C=O) groups is 2. The molecule has 0 bridgehead atoms. The number of aliphatic carboxylic acids is 1. The highest BCUT2D eigenvalue weighted by molar-refractivity contribution is 5.84. The van der Waals surface area contributed by atoms with Crippen LogP contribution < -0.4 is 10.1 Å². The largest absolute Gasteiger partial charge is 0.484 e. The van der Waals surface area contributed by atoms with E-state index in [2.05, 4.69) is 12.2 Å². The first-order chi connectivity index (χ1) is 12.1. The molecule has 0 saturated heterocycles. The molecule has 0 aliphatic heterocycles. The minimum Gasteiger partial charge on any atom is -0.484 e. The predicted molar refractivity (Wildman–Crippen MR) is 95.6 cm³/mol. The fraction of sp³-hybridized carbons (Fsp3) is 0.300. The number of hydrogen-bond acceptors (Lipinski definition) is 3. The number of rotatable bonds is 9. The molecule has 0 aliphatic carbocycles. The molecule has 5 heteroatoms. The summed E-state index contributed by atoms with van der Waals surface area (Å²) in [6.45, 7) is 1.90. The van der Waals surface area contributed by atoms with Crippen LogP contribution in [0.2, 0.25) is 0 Å². The number of carboxylic acids is 1. The van der Waals surface area contributed by atoms with Gasteiger partial charge in [0.25, 0.3) is 5.91 Å². The summed E-state index contributed by atoms with van der Waals surface area (Å²) in [6, 6.07) is 15.8. The van der Waals surface area contributed by atoms with E-state index >= 15 is 0 Å². The fourth-order valence-corrected chi connectivity index (χ4v) is 2.48. The molecule has 0 aromatic heterocycles. The molecule has 132 valence electrons.